The molecule has 0 atom stereocenters. The van der Waals surface area contributed by atoms with Crippen molar-refractivity contribution in [3.05, 3.63) is 28.1 Å². The molecule has 1 aliphatic carbocycles. The predicted molar refractivity (Wildman–Crippen MR) is 51.3 cm³/mol. The molecule has 0 radical (unpaired) electrons. The van der Waals surface area contributed by atoms with Gasteiger partial charge in [-0.15, -0.1) is 0 Å². The van der Waals surface area contributed by atoms with Crippen LogP contribution >= 0.6 is 0 Å². The first-order valence-corrected chi connectivity index (χ1v) is 4.83. The van der Waals surface area contributed by atoms with E-state index in [1.165, 1.54) is 12.8 Å². The number of aromatic amines is 1. The molecule has 0 saturated heterocycles. The third-order valence-corrected chi connectivity index (χ3v) is 2.82. The number of hydrogen-bond acceptors (Lipinski definition) is 3. The number of fused-ring (bicyclic) bond motifs is 3. The summed E-state index contributed by atoms with van der Waals surface area (Å²) in [5, 5.41) is 0.655. The maximum Gasteiger partial charge on any atom is 0.348 e. The minimum absolute atomic E-state index is 0.269. The largest absolute Gasteiger partial charge is 0.411 e. The van der Waals surface area contributed by atoms with E-state index in [0.29, 0.717) is 11.0 Å². The maximum atomic E-state index is 11.5. The number of hydrogen-bond donors (Lipinski definition) is 1. The summed E-state index contributed by atoms with van der Waals surface area (Å²) in [6, 6.07) is 0. The molecule has 14 heavy (non-hydrogen) atoms. The van der Waals surface area contributed by atoms with Crippen molar-refractivity contribution in [3.63, 3.8) is 0 Å². The van der Waals surface area contributed by atoms with Crippen LogP contribution in [0.2, 0.25) is 0 Å². The van der Waals surface area contributed by atoms with Gasteiger partial charge in [0.15, 0.2) is 6.39 Å². The van der Waals surface area contributed by atoms with Gasteiger partial charge in [0.2, 0.25) is 0 Å². The molecule has 2 aromatic rings. The van der Waals surface area contributed by atoms with Gasteiger partial charge < -0.3 is 9.40 Å². The molecule has 4 nitrogen and oxygen atoms in total. The lowest BCUT2D eigenvalue weighted by molar-refractivity contribution is 0.500. The molecule has 0 amide bonds. The average molecular weight is 190 g/mol. The zero-order valence-corrected chi connectivity index (χ0v) is 7.67. The predicted octanol–water partition coefficient (Wildman–Crippen LogP) is 1.39. The highest BCUT2D eigenvalue weighted by Crippen LogP contribution is 2.25. The van der Waals surface area contributed by atoms with E-state index in [0.717, 1.165) is 30.5 Å². The lowest BCUT2D eigenvalue weighted by atomic mass is 9.96. The van der Waals surface area contributed by atoms with Crippen LogP contribution in [-0.2, 0) is 12.8 Å². The van der Waals surface area contributed by atoms with Crippen LogP contribution in [0.15, 0.2) is 15.6 Å². The Morgan fingerprint density at radius 1 is 1.36 bits per heavy atom. The molecule has 0 spiro atoms. The van der Waals surface area contributed by atoms with Crippen molar-refractivity contribution in [2.75, 3.05) is 0 Å². The van der Waals surface area contributed by atoms with Crippen molar-refractivity contribution >= 4 is 11.0 Å². The van der Waals surface area contributed by atoms with E-state index < -0.39 is 0 Å². The third kappa shape index (κ3) is 0.937. The Kier molecular flexibility index (Phi) is 1.50. The minimum Gasteiger partial charge on any atom is -0.411 e. The normalized spacial score (nSPS) is 15.7. The van der Waals surface area contributed by atoms with E-state index in [-0.39, 0.29) is 5.63 Å². The number of nitrogens with zero attached hydrogens (tertiary/aromatic N) is 1. The molecule has 1 N–H and O–H groups in total. The van der Waals surface area contributed by atoms with E-state index in [2.05, 4.69) is 9.97 Å². The van der Waals surface area contributed by atoms with Crippen molar-refractivity contribution < 1.29 is 4.42 Å². The average Bonchev–Trinajstić information content (AvgIpc) is 2.57. The highest BCUT2D eigenvalue weighted by Gasteiger charge is 2.18. The smallest absolute Gasteiger partial charge is 0.348 e. The second kappa shape index (κ2) is 2.70. The standard InChI is InChI=1S/C10H10N2O2/c13-10-8-6-3-1-2-4-7(6)12-9(8)11-5-14-10/h5,12H,1-4H2. The summed E-state index contributed by atoms with van der Waals surface area (Å²) in [7, 11) is 0. The lowest BCUT2D eigenvalue weighted by Crippen LogP contribution is -2.04. The van der Waals surface area contributed by atoms with Crippen LogP contribution in [0.25, 0.3) is 11.0 Å². The summed E-state index contributed by atoms with van der Waals surface area (Å²) in [5.74, 6) is 0. The zero-order chi connectivity index (χ0) is 9.54. The molecule has 0 aromatic carbocycles. The molecule has 0 unspecified atom stereocenters. The van der Waals surface area contributed by atoms with Gasteiger partial charge in [-0.05, 0) is 31.2 Å². The fraction of sp³-hybridized carbons (Fsp3) is 0.400. The molecule has 0 fully saturated rings. The quantitative estimate of drug-likeness (QED) is 0.683. The van der Waals surface area contributed by atoms with Gasteiger partial charge in [-0.25, -0.2) is 9.78 Å². The summed E-state index contributed by atoms with van der Waals surface area (Å²) >= 11 is 0. The van der Waals surface area contributed by atoms with Crippen molar-refractivity contribution in [3.8, 4) is 0 Å². The van der Waals surface area contributed by atoms with Crippen LogP contribution in [0.4, 0.5) is 0 Å². The van der Waals surface area contributed by atoms with Gasteiger partial charge in [-0.2, -0.15) is 0 Å². The molecule has 2 heterocycles. The Labute approximate surface area is 80.0 Å². The van der Waals surface area contributed by atoms with E-state index in [9.17, 15) is 4.79 Å². The van der Waals surface area contributed by atoms with E-state index >= 15 is 0 Å². The first-order chi connectivity index (χ1) is 6.86. The first kappa shape index (κ1) is 7.79. The molecule has 3 rings (SSSR count). The zero-order valence-electron chi connectivity index (χ0n) is 7.67. The monoisotopic (exact) mass is 190 g/mol. The van der Waals surface area contributed by atoms with E-state index in [1.807, 2.05) is 0 Å². The second-order valence-corrected chi connectivity index (χ2v) is 3.65. The molecule has 0 saturated carbocycles. The molecule has 0 bridgehead atoms. The molecule has 72 valence electrons. The lowest BCUT2D eigenvalue weighted by Gasteiger charge is -2.09. The van der Waals surface area contributed by atoms with Crippen LogP contribution in [0, 0.1) is 0 Å². The van der Waals surface area contributed by atoms with Gasteiger partial charge in [-0.1, -0.05) is 0 Å². The number of rotatable bonds is 0. The Balaban J connectivity index is 2.44. The summed E-state index contributed by atoms with van der Waals surface area (Å²) in [6.07, 6.45) is 5.52. The molecular weight excluding hydrogens is 180 g/mol. The van der Waals surface area contributed by atoms with Crippen LogP contribution in [0.3, 0.4) is 0 Å². The molecule has 2 aromatic heterocycles. The van der Waals surface area contributed by atoms with Gasteiger partial charge in [0.1, 0.15) is 11.0 Å². The highest BCUT2D eigenvalue weighted by atomic mass is 16.4. The van der Waals surface area contributed by atoms with Gasteiger partial charge in [0.05, 0.1) is 0 Å². The highest BCUT2D eigenvalue weighted by molar-refractivity contribution is 5.80. The van der Waals surface area contributed by atoms with Crippen LogP contribution in [-0.4, -0.2) is 9.97 Å². The summed E-state index contributed by atoms with van der Waals surface area (Å²) < 4.78 is 4.78. The summed E-state index contributed by atoms with van der Waals surface area (Å²) in [4.78, 5) is 18.7. The third-order valence-electron chi connectivity index (χ3n) is 2.82. The number of aromatic nitrogens is 2. The van der Waals surface area contributed by atoms with Crippen molar-refractivity contribution in [2.45, 2.75) is 25.7 Å². The van der Waals surface area contributed by atoms with Crippen molar-refractivity contribution in [2.24, 2.45) is 0 Å². The van der Waals surface area contributed by atoms with Gasteiger partial charge in [0, 0.05) is 5.69 Å². The van der Waals surface area contributed by atoms with Gasteiger partial charge in [0.25, 0.3) is 0 Å². The Bertz CT molecular complexity index is 539. The van der Waals surface area contributed by atoms with Crippen LogP contribution in [0.5, 0.6) is 0 Å². The maximum absolute atomic E-state index is 11.5. The van der Waals surface area contributed by atoms with Crippen LogP contribution in [0.1, 0.15) is 24.1 Å². The second-order valence-electron chi connectivity index (χ2n) is 3.65. The molecule has 1 aliphatic rings. The topological polar surface area (TPSA) is 58.9 Å². The summed E-state index contributed by atoms with van der Waals surface area (Å²) in [6.45, 7) is 0. The van der Waals surface area contributed by atoms with E-state index in [1.54, 1.807) is 0 Å². The fourth-order valence-corrected chi connectivity index (χ4v) is 2.17. The Morgan fingerprint density at radius 2 is 2.21 bits per heavy atom. The van der Waals surface area contributed by atoms with Crippen LogP contribution < -0.4 is 5.63 Å². The number of H-pyrrole nitrogens is 1. The first-order valence-electron chi connectivity index (χ1n) is 4.83. The molecule has 4 heteroatoms. The van der Waals surface area contributed by atoms with Gasteiger partial charge in [-0.3, -0.25) is 0 Å². The van der Waals surface area contributed by atoms with E-state index in [4.69, 9.17) is 4.42 Å². The number of nitrogens with one attached hydrogen (secondary N) is 1. The number of aryl methyl sites for hydroxylation is 2. The van der Waals surface area contributed by atoms with Gasteiger partial charge >= 0.3 is 5.63 Å². The Morgan fingerprint density at radius 3 is 3.14 bits per heavy atom. The molecular formula is C10H10N2O2. The SMILES string of the molecule is O=c1ocnc2[nH]c3c(c12)CCCC3. The van der Waals surface area contributed by atoms with Crippen molar-refractivity contribution in [1.29, 1.82) is 0 Å². The summed E-state index contributed by atoms with van der Waals surface area (Å²) in [5.41, 5.74) is 2.69. The fourth-order valence-electron chi connectivity index (χ4n) is 2.17. The van der Waals surface area contributed by atoms with Crippen molar-refractivity contribution in [1.82, 2.24) is 9.97 Å². The molecule has 0 aliphatic heterocycles. The Hall–Kier alpha value is -1.58. The minimum atomic E-state index is -0.269.